The molecule has 4 N–H and O–H groups in total. The quantitative estimate of drug-likeness (QED) is 0.0861. The lowest BCUT2D eigenvalue weighted by molar-refractivity contribution is -0.138. The summed E-state index contributed by atoms with van der Waals surface area (Å²) in [5.41, 5.74) is 7.31. The smallest absolute Gasteiger partial charge is 0.407 e. The number of carbonyl (C=O) groups is 4. The molecule has 65 heavy (non-hydrogen) atoms. The van der Waals surface area contributed by atoms with Crippen LogP contribution in [0.5, 0.6) is 0 Å². The van der Waals surface area contributed by atoms with Gasteiger partial charge in [0.15, 0.2) is 0 Å². The minimum atomic E-state index is -1.18. The van der Waals surface area contributed by atoms with E-state index in [9.17, 15) is 24.3 Å². The van der Waals surface area contributed by atoms with Crippen LogP contribution in [-0.2, 0) is 32.0 Å². The summed E-state index contributed by atoms with van der Waals surface area (Å²) >= 11 is 0. The number of methoxy groups -OCH3 is 2. The number of benzene rings is 3. The minimum Gasteiger partial charge on any atom is -0.465 e. The number of nitrogens with one attached hydrogen (secondary N) is 3. The van der Waals surface area contributed by atoms with Gasteiger partial charge in [0.2, 0.25) is 11.8 Å². The van der Waals surface area contributed by atoms with Crippen LogP contribution in [0.25, 0.3) is 33.6 Å². The highest BCUT2D eigenvalue weighted by Gasteiger charge is 2.40. The zero-order valence-electron chi connectivity index (χ0n) is 36.9. The molecule has 3 aromatic heterocycles. The molecule has 338 valence electrons. The second kappa shape index (κ2) is 19.6. The van der Waals surface area contributed by atoms with Crippen LogP contribution in [0.1, 0.15) is 67.6 Å². The molecule has 3 aromatic carbocycles. The number of likely N-dealkylation sites (tertiary alicyclic amines) is 2. The van der Waals surface area contributed by atoms with E-state index < -0.39 is 30.4 Å². The summed E-state index contributed by atoms with van der Waals surface area (Å²) in [6.07, 6.45) is 7.83. The second-order valence-electron chi connectivity index (χ2n) is 16.6. The first-order chi connectivity index (χ1) is 31.5. The number of carbonyl (C=O) groups excluding carboxylic acids is 3. The van der Waals surface area contributed by atoms with E-state index in [1.165, 1.54) is 21.3 Å². The Morgan fingerprint density at radius 1 is 0.785 bits per heavy atom. The SMILES string of the molecule is COC(=O)N[C@H](C(=O)N1CCCC1c1ncc(-c2ccc(-c3ccc(-c4cnc([C@@H]5CCCN5C(=O)[C@H](Cc5cn(Cc6ccccc6)cn5)N(C)C(=O)O)[nH]4)cc3)cc2)[nH]1)[C@@H](C)OC. The molecule has 5 heterocycles. The average molecular weight is 883 g/mol. The summed E-state index contributed by atoms with van der Waals surface area (Å²) in [7, 11) is 4.18. The minimum absolute atomic E-state index is 0.146. The van der Waals surface area contributed by atoms with Crippen molar-refractivity contribution in [2.45, 2.75) is 75.8 Å². The first-order valence-corrected chi connectivity index (χ1v) is 21.8. The molecule has 0 aliphatic carbocycles. The maximum Gasteiger partial charge on any atom is 0.407 e. The Labute approximate surface area is 376 Å². The van der Waals surface area contributed by atoms with E-state index in [2.05, 4.69) is 49.5 Å². The highest BCUT2D eigenvalue weighted by Crippen LogP contribution is 2.35. The summed E-state index contributed by atoms with van der Waals surface area (Å²) in [6.45, 7) is 3.37. The van der Waals surface area contributed by atoms with Crippen molar-refractivity contribution in [3.05, 3.63) is 127 Å². The largest absolute Gasteiger partial charge is 0.465 e. The van der Waals surface area contributed by atoms with Crippen molar-refractivity contribution in [2.24, 2.45) is 0 Å². The number of carboxylic acid groups (broad SMARTS) is 1. The predicted molar refractivity (Wildman–Crippen MR) is 241 cm³/mol. The molecule has 6 aromatic rings. The van der Waals surface area contributed by atoms with E-state index in [0.29, 0.717) is 43.4 Å². The van der Waals surface area contributed by atoms with Gasteiger partial charge < -0.3 is 44.2 Å². The van der Waals surface area contributed by atoms with Crippen molar-refractivity contribution in [1.82, 2.24) is 49.5 Å². The molecule has 0 bridgehead atoms. The molecular weight excluding hydrogens is 829 g/mol. The lowest BCUT2D eigenvalue weighted by Gasteiger charge is -2.31. The van der Waals surface area contributed by atoms with Gasteiger partial charge in [-0.15, -0.1) is 0 Å². The molecule has 2 aliphatic heterocycles. The van der Waals surface area contributed by atoms with Gasteiger partial charge in [-0.05, 0) is 60.4 Å². The van der Waals surface area contributed by atoms with Crippen molar-refractivity contribution in [3.63, 3.8) is 0 Å². The summed E-state index contributed by atoms with van der Waals surface area (Å²) < 4.78 is 12.1. The Hall–Kier alpha value is -7.27. The Bertz CT molecular complexity index is 2590. The van der Waals surface area contributed by atoms with Crippen LogP contribution >= 0.6 is 0 Å². The number of hydrogen-bond donors (Lipinski definition) is 4. The Morgan fingerprint density at radius 2 is 1.32 bits per heavy atom. The molecule has 0 spiro atoms. The number of nitrogens with zero attached hydrogens (tertiary/aromatic N) is 7. The third-order valence-corrected chi connectivity index (χ3v) is 12.5. The standard InChI is InChI=1S/C48H54N10O7/c1-30(64-3)42(54-47(61)65-4)46(60)58-23-9-13-40(58)44-50-26-38(53-44)35-20-16-33(17-21-35)32-14-18-34(19-15-32)37-25-49-43(52-37)39-12-8-22-57(39)45(59)41(55(2)48(62)63)24-36-28-56(29-51-36)27-31-10-6-5-7-11-31/h5-7,10-11,14-21,25-26,28-30,39-42H,8-9,12-13,22-24,27H2,1-4H3,(H,49,52)(H,50,53)(H,54,61)(H,62,63)/t30-,39+,40?,41+,42+/m1/s1. The van der Waals surface area contributed by atoms with Crippen LogP contribution in [0.2, 0.25) is 0 Å². The Kier molecular flexibility index (Phi) is 13.4. The maximum absolute atomic E-state index is 14.2. The summed E-state index contributed by atoms with van der Waals surface area (Å²) in [5, 5.41) is 12.6. The van der Waals surface area contributed by atoms with Crippen molar-refractivity contribution < 1.29 is 33.8 Å². The second-order valence-corrected chi connectivity index (χ2v) is 16.6. The summed E-state index contributed by atoms with van der Waals surface area (Å²) in [5.74, 6) is 0.800. The van der Waals surface area contributed by atoms with Gasteiger partial charge in [-0.25, -0.2) is 24.5 Å². The van der Waals surface area contributed by atoms with Gasteiger partial charge in [-0.1, -0.05) is 78.9 Å². The first-order valence-electron chi connectivity index (χ1n) is 21.8. The normalized spacial score (nSPS) is 17.4. The van der Waals surface area contributed by atoms with Crippen LogP contribution in [0.4, 0.5) is 9.59 Å². The Morgan fingerprint density at radius 3 is 1.85 bits per heavy atom. The number of alkyl carbamates (subject to hydrolysis) is 1. The molecule has 4 amide bonds. The molecular formula is C48H54N10O7. The van der Waals surface area contributed by atoms with Gasteiger partial charge in [0.25, 0.3) is 0 Å². The molecule has 8 rings (SSSR count). The van der Waals surface area contributed by atoms with Crippen molar-refractivity contribution in [2.75, 3.05) is 34.4 Å². The molecule has 0 radical (unpaired) electrons. The summed E-state index contributed by atoms with van der Waals surface area (Å²) in [6, 6.07) is 23.8. The average Bonchev–Trinajstić information content (AvgIpc) is 4.20. The van der Waals surface area contributed by atoms with E-state index in [4.69, 9.17) is 14.5 Å². The van der Waals surface area contributed by atoms with Gasteiger partial charge in [-0.2, -0.15) is 0 Å². The van der Waals surface area contributed by atoms with Gasteiger partial charge in [-0.3, -0.25) is 14.5 Å². The number of likely N-dealkylation sites (N-methyl/N-ethyl adjacent to an activating group) is 1. The van der Waals surface area contributed by atoms with Crippen molar-refractivity contribution in [3.8, 4) is 33.6 Å². The predicted octanol–water partition coefficient (Wildman–Crippen LogP) is 6.69. The number of ether oxygens (including phenoxy) is 2. The van der Waals surface area contributed by atoms with Crippen molar-refractivity contribution >= 4 is 24.0 Å². The van der Waals surface area contributed by atoms with Gasteiger partial charge in [0.1, 0.15) is 23.7 Å². The first kappa shape index (κ1) is 44.3. The monoisotopic (exact) mass is 882 g/mol. The zero-order chi connectivity index (χ0) is 45.6. The molecule has 2 saturated heterocycles. The number of aromatic nitrogens is 6. The molecule has 2 fully saturated rings. The molecule has 1 unspecified atom stereocenters. The summed E-state index contributed by atoms with van der Waals surface area (Å²) in [4.78, 5) is 77.5. The van der Waals surface area contributed by atoms with E-state index in [1.807, 2.05) is 65.4 Å². The van der Waals surface area contributed by atoms with Crippen LogP contribution in [0.3, 0.4) is 0 Å². The topological polar surface area (TPSA) is 204 Å². The molecule has 2 aliphatic rings. The van der Waals surface area contributed by atoms with Crippen LogP contribution in [-0.4, -0.2) is 126 Å². The van der Waals surface area contributed by atoms with Crippen LogP contribution in [0, 0.1) is 0 Å². The Balaban J connectivity index is 0.910. The fraction of sp³-hybridized carbons (Fsp3) is 0.354. The lowest BCUT2D eigenvalue weighted by atomic mass is 10.0. The fourth-order valence-corrected chi connectivity index (χ4v) is 8.81. The number of amides is 4. The van der Waals surface area contributed by atoms with Gasteiger partial charge in [0.05, 0.1) is 61.1 Å². The van der Waals surface area contributed by atoms with Crippen LogP contribution in [0.15, 0.2) is 104 Å². The van der Waals surface area contributed by atoms with Gasteiger partial charge >= 0.3 is 12.2 Å². The zero-order valence-corrected chi connectivity index (χ0v) is 36.9. The third kappa shape index (κ3) is 9.79. The third-order valence-electron chi connectivity index (χ3n) is 12.5. The van der Waals surface area contributed by atoms with Crippen molar-refractivity contribution in [1.29, 1.82) is 0 Å². The highest BCUT2D eigenvalue weighted by atomic mass is 16.5. The number of H-pyrrole nitrogens is 2. The maximum atomic E-state index is 14.2. The number of aromatic amines is 2. The van der Waals surface area contributed by atoms with E-state index in [1.54, 1.807) is 35.4 Å². The molecule has 17 heteroatoms. The van der Waals surface area contributed by atoms with E-state index in [0.717, 1.165) is 63.4 Å². The van der Waals surface area contributed by atoms with Crippen LogP contribution < -0.4 is 5.32 Å². The van der Waals surface area contributed by atoms with Gasteiger partial charge in [0, 0.05) is 46.4 Å². The van der Waals surface area contributed by atoms with E-state index in [-0.39, 0.29) is 30.3 Å². The number of hydrogen-bond acceptors (Lipinski definition) is 9. The lowest BCUT2D eigenvalue weighted by Crippen LogP contribution is -2.54. The number of imidazole rings is 3. The molecule has 5 atom stereocenters. The molecule has 0 saturated carbocycles. The molecule has 17 nitrogen and oxygen atoms in total. The number of rotatable bonds is 15. The van der Waals surface area contributed by atoms with E-state index >= 15 is 0 Å². The highest BCUT2D eigenvalue weighted by molar-refractivity contribution is 5.87. The fourth-order valence-electron chi connectivity index (χ4n) is 8.81.